The van der Waals surface area contributed by atoms with Gasteiger partial charge in [-0.05, 0) is 79.0 Å². The molecule has 0 N–H and O–H groups in total. The molecule has 0 radical (unpaired) electrons. The minimum atomic E-state index is 0.667. The van der Waals surface area contributed by atoms with Crippen LogP contribution in [-0.2, 0) is 0 Å². The minimum absolute atomic E-state index is 0.667. The van der Waals surface area contributed by atoms with Gasteiger partial charge in [-0.2, -0.15) is 0 Å². The van der Waals surface area contributed by atoms with Gasteiger partial charge in [0.1, 0.15) is 5.52 Å². The number of benzene rings is 2. The lowest BCUT2D eigenvalue weighted by atomic mass is 10.1. The summed E-state index contributed by atoms with van der Waals surface area (Å²) in [5, 5.41) is 0. The molecule has 3 aromatic rings. The number of aromatic nitrogens is 1. The Bertz CT molecular complexity index is 850. The van der Waals surface area contributed by atoms with Gasteiger partial charge in [0, 0.05) is 23.1 Å². The van der Waals surface area contributed by atoms with Crippen molar-refractivity contribution in [3.05, 3.63) is 45.9 Å². The van der Waals surface area contributed by atoms with E-state index in [0.717, 1.165) is 39.8 Å². The molecule has 0 aliphatic carbocycles. The molecule has 0 bridgehead atoms. The fraction of sp³-hybridized carbons (Fsp3) is 0.316. The normalized spacial score (nSPS) is 11.2. The van der Waals surface area contributed by atoms with Gasteiger partial charge < -0.3 is 9.32 Å². The summed E-state index contributed by atoms with van der Waals surface area (Å²) in [6.07, 6.45) is 0. The summed E-state index contributed by atoms with van der Waals surface area (Å²) in [4.78, 5) is 6.97. The molecule has 4 heteroatoms. The molecule has 0 aliphatic heterocycles. The highest BCUT2D eigenvalue weighted by molar-refractivity contribution is 9.10. The van der Waals surface area contributed by atoms with E-state index in [2.05, 4.69) is 83.8 Å². The summed E-state index contributed by atoms with van der Waals surface area (Å²) in [5.41, 5.74) is 6.30. The summed E-state index contributed by atoms with van der Waals surface area (Å²) in [6, 6.07) is 10.5. The molecule has 0 atom stereocenters. The average molecular weight is 373 g/mol. The molecular weight excluding hydrogens is 352 g/mol. The van der Waals surface area contributed by atoms with E-state index in [0.29, 0.717) is 5.89 Å². The summed E-state index contributed by atoms with van der Waals surface area (Å²) in [5.74, 6) is 0.667. The van der Waals surface area contributed by atoms with E-state index in [1.807, 2.05) is 0 Å². The number of oxazole rings is 1. The molecular formula is C19H21BrN2O. The molecule has 1 aromatic heterocycles. The molecule has 0 saturated heterocycles. The first-order valence-electron chi connectivity index (χ1n) is 7.96. The summed E-state index contributed by atoms with van der Waals surface area (Å²) < 4.78 is 7.07. The van der Waals surface area contributed by atoms with E-state index in [1.54, 1.807) is 0 Å². The molecule has 1 heterocycles. The Morgan fingerprint density at radius 2 is 1.83 bits per heavy atom. The van der Waals surface area contributed by atoms with Gasteiger partial charge in [0.05, 0.1) is 5.69 Å². The number of hydrogen-bond donors (Lipinski definition) is 0. The third-order valence-electron chi connectivity index (χ3n) is 4.12. The van der Waals surface area contributed by atoms with E-state index in [9.17, 15) is 0 Å². The van der Waals surface area contributed by atoms with Crippen LogP contribution in [0.5, 0.6) is 0 Å². The molecule has 120 valence electrons. The second kappa shape index (κ2) is 6.36. The largest absolute Gasteiger partial charge is 0.436 e. The SMILES string of the molecule is CCN(CC)c1ccc(-c2nc3cc(C)cc(C)c3o2)cc1Br. The Kier molecular flexibility index (Phi) is 4.44. The first-order chi connectivity index (χ1) is 11.0. The Balaban J connectivity index is 2.05. The first-order valence-corrected chi connectivity index (χ1v) is 8.75. The van der Waals surface area contributed by atoms with Gasteiger partial charge in [0.2, 0.25) is 5.89 Å². The van der Waals surface area contributed by atoms with Crippen molar-refractivity contribution in [2.45, 2.75) is 27.7 Å². The van der Waals surface area contributed by atoms with Crippen molar-refractivity contribution >= 4 is 32.7 Å². The fourth-order valence-electron chi connectivity index (χ4n) is 2.96. The summed E-state index contributed by atoms with van der Waals surface area (Å²) >= 11 is 3.69. The Morgan fingerprint density at radius 1 is 1.09 bits per heavy atom. The zero-order valence-electron chi connectivity index (χ0n) is 14.0. The number of aryl methyl sites for hydroxylation is 2. The van der Waals surface area contributed by atoms with Crippen LogP contribution in [0.15, 0.2) is 39.2 Å². The summed E-state index contributed by atoms with van der Waals surface area (Å²) in [7, 11) is 0. The third-order valence-corrected chi connectivity index (χ3v) is 4.75. The highest BCUT2D eigenvalue weighted by Crippen LogP contribution is 2.33. The van der Waals surface area contributed by atoms with E-state index in [-0.39, 0.29) is 0 Å². The quantitative estimate of drug-likeness (QED) is 0.586. The molecule has 0 aliphatic rings. The van der Waals surface area contributed by atoms with E-state index < -0.39 is 0 Å². The average Bonchev–Trinajstić information content (AvgIpc) is 2.94. The van der Waals surface area contributed by atoms with Crippen LogP contribution in [-0.4, -0.2) is 18.1 Å². The predicted octanol–water partition coefficient (Wildman–Crippen LogP) is 5.72. The number of anilines is 1. The van der Waals surface area contributed by atoms with Crippen LogP contribution in [0.3, 0.4) is 0 Å². The van der Waals surface area contributed by atoms with Crippen LogP contribution in [0.25, 0.3) is 22.6 Å². The zero-order valence-corrected chi connectivity index (χ0v) is 15.6. The van der Waals surface area contributed by atoms with Crippen LogP contribution in [0.4, 0.5) is 5.69 Å². The Hall–Kier alpha value is -1.81. The number of fused-ring (bicyclic) bond motifs is 1. The van der Waals surface area contributed by atoms with Gasteiger partial charge >= 0.3 is 0 Å². The van der Waals surface area contributed by atoms with Crippen LogP contribution in [0.1, 0.15) is 25.0 Å². The lowest BCUT2D eigenvalue weighted by molar-refractivity contribution is 0.617. The smallest absolute Gasteiger partial charge is 0.227 e. The van der Waals surface area contributed by atoms with E-state index >= 15 is 0 Å². The van der Waals surface area contributed by atoms with Crippen molar-refractivity contribution < 1.29 is 4.42 Å². The monoisotopic (exact) mass is 372 g/mol. The number of rotatable bonds is 4. The van der Waals surface area contributed by atoms with Crippen molar-refractivity contribution in [2.75, 3.05) is 18.0 Å². The van der Waals surface area contributed by atoms with Crippen molar-refractivity contribution in [3.8, 4) is 11.5 Å². The van der Waals surface area contributed by atoms with Crippen molar-refractivity contribution in [2.24, 2.45) is 0 Å². The molecule has 3 nitrogen and oxygen atoms in total. The topological polar surface area (TPSA) is 29.3 Å². The van der Waals surface area contributed by atoms with Crippen LogP contribution in [0.2, 0.25) is 0 Å². The number of halogens is 1. The molecule has 3 rings (SSSR count). The molecule has 2 aromatic carbocycles. The van der Waals surface area contributed by atoms with Gasteiger partial charge in [-0.3, -0.25) is 0 Å². The fourth-order valence-corrected chi connectivity index (χ4v) is 3.59. The molecule has 0 spiro atoms. The molecule has 0 amide bonds. The van der Waals surface area contributed by atoms with Crippen molar-refractivity contribution in [3.63, 3.8) is 0 Å². The van der Waals surface area contributed by atoms with Gasteiger partial charge in [-0.15, -0.1) is 0 Å². The van der Waals surface area contributed by atoms with Crippen LogP contribution in [0, 0.1) is 13.8 Å². The van der Waals surface area contributed by atoms with Crippen molar-refractivity contribution in [1.29, 1.82) is 0 Å². The van der Waals surface area contributed by atoms with Gasteiger partial charge in [0.25, 0.3) is 0 Å². The summed E-state index contributed by atoms with van der Waals surface area (Å²) in [6.45, 7) is 10.4. The Morgan fingerprint density at radius 3 is 2.48 bits per heavy atom. The van der Waals surface area contributed by atoms with Gasteiger partial charge in [0.15, 0.2) is 5.58 Å². The van der Waals surface area contributed by atoms with Gasteiger partial charge in [-0.1, -0.05) is 6.07 Å². The van der Waals surface area contributed by atoms with E-state index in [1.165, 1.54) is 11.3 Å². The maximum atomic E-state index is 6.00. The lowest BCUT2D eigenvalue weighted by Gasteiger charge is -2.22. The first kappa shape index (κ1) is 16.1. The second-order valence-electron chi connectivity index (χ2n) is 5.79. The third kappa shape index (κ3) is 3.00. The number of hydrogen-bond acceptors (Lipinski definition) is 3. The van der Waals surface area contributed by atoms with Crippen LogP contribution < -0.4 is 4.90 Å². The van der Waals surface area contributed by atoms with Crippen LogP contribution >= 0.6 is 15.9 Å². The molecule has 0 fully saturated rings. The van der Waals surface area contributed by atoms with Gasteiger partial charge in [-0.25, -0.2) is 4.98 Å². The second-order valence-corrected chi connectivity index (χ2v) is 6.64. The minimum Gasteiger partial charge on any atom is -0.436 e. The Labute approximate surface area is 145 Å². The standard InChI is InChI=1S/C19H21BrN2O/c1-5-22(6-2)17-8-7-14(11-15(17)20)19-21-16-10-12(3)9-13(4)18(16)23-19/h7-11H,5-6H2,1-4H3. The van der Waals surface area contributed by atoms with Crippen molar-refractivity contribution in [1.82, 2.24) is 4.98 Å². The predicted molar refractivity (Wildman–Crippen MR) is 100 cm³/mol. The molecule has 0 saturated carbocycles. The highest BCUT2D eigenvalue weighted by atomic mass is 79.9. The molecule has 23 heavy (non-hydrogen) atoms. The maximum absolute atomic E-state index is 6.00. The maximum Gasteiger partial charge on any atom is 0.227 e. The number of nitrogens with zero attached hydrogens (tertiary/aromatic N) is 2. The lowest BCUT2D eigenvalue weighted by Crippen LogP contribution is -2.22. The zero-order chi connectivity index (χ0) is 16.6. The van der Waals surface area contributed by atoms with E-state index in [4.69, 9.17) is 4.42 Å². The highest BCUT2D eigenvalue weighted by Gasteiger charge is 2.13. The molecule has 0 unspecified atom stereocenters.